The molecule has 1 N–H and O–H groups in total. The zero-order valence-electron chi connectivity index (χ0n) is 15.7. The number of hydrogen-bond acceptors (Lipinski definition) is 5. The molecule has 3 aromatic rings. The summed E-state index contributed by atoms with van der Waals surface area (Å²) < 4.78 is 19.5. The van der Waals surface area contributed by atoms with Gasteiger partial charge in [-0.25, -0.2) is 9.18 Å². The first kappa shape index (κ1) is 20.4. The van der Waals surface area contributed by atoms with Gasteiger partial charge in [0.25, 0.3) is 5.91 Å². The van der Waals surface area contributed by atoms with E-state index >= 15 is 0 Å². The maximum atomic E-state index is 13.9. The van der Waals surface area contributed by atoms with E-state index in [4.69, 9.17) is 16.0 Å². The van der Waals surface area contributed by atoms with Gasteiger partial charge in [0.1, 0.15) is 23.0 Å². The van der Waals surface area contributed by atoms with Crippen molar-refractivity contribution in [3.63, 3.8) is 0 Å². The zero-order chi connectivity index (χ0) is 22.1. The molecule has 0 aliphatic carbocycles. The zero-order valence-corrected chi connectivity index (χ0v) is 16.5. The lowest BCUT2D eigenvalue weighted by molar-refractivity contribution is -0.255. The van der Waals surface area contributed by atoms with Gasteiger partial charge in [-0.15, -0.1) is 0 Å². The Bertz CT molecular complexity index is 1250. The molecule has 1 fully saturated rings. The molecule has 1 aromatic heterocycles. The van der Waals surface area contributed by atoms with Gasteiger partial charge in [-0.05, 0) is 35.9 Å². The number of rotatable bonds is 5. The second-order valence-electron chi connectivity index (χ2n) is 6.65. The molecule has 1 saturated heterocycles. The highest BCUT2D eigenvalue weighted by Crippen LogP contribution is 2.31. The summed E-state index contributed by atoms with van der Waals surface area (Å²) in [6.45, 7) is -0.219. The van der Waals surface area contributed by atoms with Gasteiger partial charge in [0.2, 0.25) is 0 Å². The van der Waals surface area contributed by atoms with Crippen molar-refractivity contribution >= 4 is 35.6 Å². The molecule has 1 aliphatic heterocycles. The highest BCUT2D eigenvalue weighted by Gasteiger charge is 2.34. The summed E-state index contributed by atoms with van der Waals surface area (Å²) in [6.07, 6.45) is 1.32. The van der Waals surface area contributed by atoms with Crippen molar-refractivity contribution in [2.75, 3.05) is 0 Å². The number of aromatic carboxylic acids is 1. The Kier molecular flexibility index (Phi) is 5.31. The molecule has 9 heteroatoms. The van der Waals surface area contributed by atoms with Gasteiger partial charge in [0.15, 0.2) is 0 Å². The van der Waals surface area contributed by atoms with Crippen molar-refractivity contribution in [3.8, 4) is 11.3 Å². The number of furan rings is 1. The van der Waals surface area contributed by atoms with E-state index in [1.165, 1.54) is 48.5 Å². The largest absolute Gasteiger partial charge is 0.545 e. The Balaban J connectivity index is 1.58. The van der Waals surface area contributed by atoms with Gasteiger partial charge in [0, 0.05) is 17.2 Å². The lowest BCUT2D eigenvalue weighted by atomic mass is 10.1. The first-order valence-corrected chi connectivity index (χ1v) is 9.40. The lowest BCUT2D eigenvalue weighted by Gasteiger charge is -2.12. The normalized spacial score (nSPS) is 14.9. The van der Waals surface area contributed by atoms with Gasteiger partial charge in [0.05, 0.1) is 17.5 Å². The van der Waals surface area contributed by atoms with Crippen molar-refractivity contribution in [2.45, 2.75) is 6.54 Å². The van der Waals surface area contributed by atoms with Crippen molar-refractivity contribution in [1.82, 2.24) is 10.2 Å². The maximum Gasteiger partial charge on any atom is 0.329 e. The number of carboxylic acids is 1. The van der Waals surface area contributed by atoms with Crippen LogP contribution >= 0.6 is 11.6 Å². The average Bonchev–Trinajstić information content (AvgIpc) is 3.30. The van der Waals surface area contributed by atoms with E-state index in [0.29, 0.717) is 5.56 Å². The topological polar surface area (TPSA) is 103 Å². The fraction of sp³-hybridized carbons (Fsp3) is 0.0455. The molecule has 0 saturated carbocycles. The number of benzene rings is 2. The summed E-state index contributed by atoms with van der Waals surface area (Å²) in [5, 5.41) is 13.8. The Morgan fingerprint density at radius 2 is 1.94 bits per heavy atom. The smallest absolute Gasteiger partial charge is 0.329 e. The minimum atomic E-state index is -1.36. The molecule has 2 aromatic carbocycles. The average molecular weight is 440 g/mol. The third-order valence-corrected chi connectivity index (χ3v) is 4.96. The molecule has 7 nitrogen and oxygen atoms in total. The molecule has 0 radical (unpaired) electrons. The number of nitrogens with zero attached hydrogens (tertiary/aromatic N) is 1. The Morgan fingerprint density at radius 3 is 2.68 bits per heavy atom. The number of carboxylic acid groups (broad SMARTS) is 1. The van der Waals surface area contributed by atoms with Crippen LogP contribution < -0.4 is 10.4 Å². The standard InChI is InChI=1S/C22H14ClFN2O5/c23-16-7-5-12(21(28)29)9-15(16)19-8-6-14(31-19)10-18-20(27)26(22(30)25-18)11-13-3-1-2-4-17(13)24/h1-10H,11H2,(H,25,30)(H,28,29)/p-1/b18-10+. The molecule has 4 rings (SSSR count). The van der Waals surface area contributed by atoms with Crippen molar-refractivity contribution in [1.29, 1.82) is 0 Å². The van der Waals surface area contributed by atoms with Crippen molar-refractivity contribution in [3.05, 3.63) is 88.0 Å². The van der Waals surface area contributed by atoms with Crippen LogP contribution in [0.15, 0.2) is 64.7 Å². The summed E-state index contributed by atoms with van der Waals surface area (Å²) in [6, 6.07) is 12.3. The molecule has 156 valence electrons. The van der Waals surface area contributed by atoms with Crippen LogP contribution in [0.25, 0.3) is 17.4 Å². The van der Waals surface area contributed by atoms with Gasteiger partial charge < -0.3 is 19.6 Å². The Morgan fingerprint density at radius 1 is 1.16 bits per heavy atom. The van der Waals surface area contributed by atoms with E-state index in [0.717, 1.165) is 4.90 Å². The summed E-state index contributed by atoms with van der Waals surface area (Å²) in [7, 11) is 0. The lowest BCUT2D eigenvalue weighted by Crippen LogP contribution is -2.30. The van der Waals surface area contributed by atoms with E-state index in [9.17, 15) is 23.9 Å². The van der Waals surface area contributed by atoms with E-state index < -0.39 is 23.7 Å². The third-order valence-electron chi connectivity index (χ3n) is 4.63. The third kappa shape index (κ3) is 4.06. The SMILES string of the molecule is O=C([O-])c1ccc(Cl)c(-c2ccc(/C=C3/NC(=O)N(Cc4ccccc4F)C3=O)o2)c1. The number of halogens is 2. The maximum absolute atomic E-state index is 13.9. The second kappa shape index (κ2) is 8.08. The van der Waals surface area contributed by atoms with Gasteiger partial charge in [-0.3, -0.25) is 9.69 Å². The summed E-state index contributed by atoms with van der Waals surface area (Å²) in [4.78, 5) is 36.8. The van der Waals surface area contributed by atoms with Gasteiger partial charge >= 0.3 is 6.03 Å². The number of imide groups is 1. The van der Waals surface area contributed by atoms with Crippen LogP contribution in [0.3, 0.4) is 0 Å². The quantitative estimate of drug-likeness (QED) is 0.486. The minimum absolute atomic E-state index is 0.0446. The minimum Gasteiger partial charge on any atom is -0.545 e. The monoisotopic (exact) mass is 439 g/mol. The Labute approximate surface area is 180 Å². The molecule has 1 aliphatic rings. The highest BCUT2D eigenvalue weighted by molar-refractivity contribution is 6.33. The molecule has 31 heavy (non-hydrogen) atoms. The van der Waals surface area contributed by atoms with E-state index in [1.807, 2.05) is 0 Å². The summed E-state index contributed by atoms with van der Waals surface area (Å²) in [5.41, 5.74) is 0.417. The summed E-state index contributed by atoms with van der Waals surface area (Å²) in [5.74, 6) is -2.03. The summed E-state index contributed by atoms with van der Waals surface area (Å²) >= 11 is 6.13. The highest BCUT2D eigenvalue weighted by atomic mass is 35.5. The first-order valence-electron chi connectivity index (χ1n) is 9.02. The number of carbonyl (C=O) groups is 3. The predicted octanol–water partition coefficient (Wildman–Crippen LogP) is 3.20. The van der Waals surface area contributed by atoms with Crippen LogP contribution in [0, 0.1) is 5.82 Å². The Hall–Kier alpha value is -3.91. The van der Waals surface area contributed by atoms with Crippen LogP contribution in [0.2, 0.25) is 5.02 Å². The second-order valence-corrected chi connectivity index (χ2v) is 7.06. The van der Waals surface area contributed by atoms with E-state index in [2.05, 4.69) is 5.32 Å². The van der Waals surface area contributed by atoms with Crippen molar-refractivity contribution in [2.24, 2.45) is 0 Å². The number of amides is 3. The van der Waals surface area contributed by atoms with E-state index in [-0.39, 0.29) is 39.9 Å². The van der Waals surface area contributed by atoms with Crippen LogP contribution in [-0.4, -0.2) is 22.8 Å². The molecule has 0 atom stereocenters. The fourth-order valence-corrected chi connectivity index (χ4v) is 3.28. The number of urea groups is 1. The predicted molar refractivity (Wildman–Crippen MR) is 107 cm³/mol. The van der Waals surface area contributed by atoms with Crippen LogP contribution in [0.4, 0.5) is 9.18 Å². The molecule has 0 bridgehead atoms. The van der Waals surface area contributed by atoms with Crippen LogP contribution in [0.1, 0.15) is 21.7 Å². The molecular weight excluding hydrogens is 427 g/mol. The molecular formula is C22H13ClFN2O5-. The van der Waals surface area contributed by atoms with E-state index in [1.54, 1.807) is 12.1 Å². The van der Waals surface area contributed by atoms with Crippen LogP contribution in [-0.2, 0) is 11.3 Å². The number of carbonyl (C=O) groups excluding carboxylic acids is 3. The van der Waals surface area contributed by atoms with Crippen molar-refractivity contribution < 1.29 is 28.3 Å². The molecule has 0 spiro atoms. The molecule has 3 amide bonds. The number of nitrogens with one attached hydrogen (secondary N) is 1. The van der Waals surface area contributed by atoms with Gasteiger partial charge in [-0.1, -0.05) is 35.9 Å². The first-order chi connectivity index (χ1) is 14.8. The van der Waals surface area contributed by atoms with Gasteiger partial charge in [-0.2, -0.15) is 0 Å². The fourth-order valence-electron chi connectivity index (χ4n) is 3.07. The molecule has 2 heterocycles. The molecule has 0 unspecified atom stereocenters. The van der Waals surface area contributed by atoms with Crippen LogP contribution in [0.5, 0.6) is 0 Å². The number of hydrogen-bond donors (Lipinski definition) is 1.